The highest BCUT2D eigenvalue weighted by atomic mass is 16.5. The number of nitrogens with zero attached hydrogens (tertiary/aromatic N) is 1. The van der Waals surface area contributed by atoms with Crippen molar-refractivity contribution in [2.75, 3.05) is 13.7 Å². The topological polar surface area (TPSA) is 71.7 Å². The lowest BCUT2D eigenvalue weighted by atomic mass is 9.96. The third kappa shape index (κ3) is 6.48. The first-order chi connectivity index (χ1) is 8.08. The van der Waals surface area contributed by atoms with Crippen LogP contribution in [0.2, 0.25) is 0 Å². The Bertz CT molecular complexity index is 217. The maximum Gasteiger partial charge on any atom is 0.206 e. The Morgan fingerprint density at radius 3 is 2.29 bits per heavy atom. The Labute approximate surface area is 105 Å². The van der Waals surface area contributed by atoms with Crippen molar-refractivity contribution in [1.29, 1.82) is 0 Å². The van der Waals surface area contributed by atoms with Crippen molar-refractivity contribution >= 4 is 5.96 Å². The van der Waals surface area contributed by atoms with Crippen molar-refractivity contribution in [1.82, 2.24) is 10.7 Å². The molecule has 0 saturated carbocycles. The lowest BCUT2D eigenvalue weighted by molar-refractivity contribution is 0.179. The van der Waals surface area contributed by atoms with Gasteiger partial charge in [-0.15, -0.1) is 0 Å². The maximum atomic E-state index is 5.46. The average Bonchev–Trinajstić information content (AvgIpc) is 2.30. The molecule has 0 bridgehead atoms. The summed E-state index contributed by atoms with van der Waals surface area (Å²) in [4.78, 5) is 4.57. The molecule has 0 aliphatic rings. The van der Waals surface area contributed by atoms with Crippen molar-refractivity contribution in [3.8, 4) is 0 Å². The summed E-state index contributed by atoms with van der Waals surface area (Å²) in [5.41, 5.74) is 2.61. The highest BCUT2D eigenvalue weighted by molar-refractivity contribution is 5.79. The van der Waals surface area contributed by atoms with Crippen LogP contribution in [0, 0.1) is 5.92 Å². The molecule has 5 heteroatoms. The molecule has 0 heterocycles. The highest BCUT2D eigenvalue weighted by Gasteiger charge is 2.13. The van der Waals surface area contributed by atoms with Gasteiger partial charge in [0.2, 0.25) is 5.96 Å². The summed E-state index contributed by atoms with van der Waals surface area (Å²) < 4.78 is 5.06. The normalized spacial score (nSPS) is 15.8. The van der Waals surface area contributed by atoms with Crippen LogP contribution in [0.1, 0.15) is 40.5 Å². The van der Waals surface area contributed by atoms with Crippen molar-refractivity contribution < 1.29 is 4.74 Å². The van der Waals surface area contributed by atoms with E-state index in [1.165, 1.54) is 0 Å². The lowest BCUT2D eigenvalue weighted by Crippen LogP contribution is -2.47. The monoisotopic (exact) mass is 244 g/mol. The van der Waals surface area contributed by atoms with Gasteiger partial charge in [0.25, 0.3) is 0 Å². The van der Waals surface area contributed by atoms with E-state index in [0.717, 1.165) is 12.8 Å². The molecule has 102 valence electrons. The summed E-state index contributed by atoms with van der Waals surface area (Å²) in [6.07, 6.45) is 2.26. The number of hydrazine groups is 1. The third-order valence-electron chi connectivity index (χ3n) is 3.00. The fraction of sp³-hybridized carbons (Fsp3) is 0.917. The molecule has 0 rings (SSSR count). The summed E-state index contributed by atoms with van der Waals surface area (Å²) in [6.45, 7) is 9.16. The predicted octanol–water partition coefficient (Wildman–Crippen LogP) is 1.25. The van der Waals surface area contributed by atoms with Crippen LogP contribution < -0.4 is 16.6 Å². The van der Waals surface area contributed by atoms with Crippen LogP contribution in [0.4, 0.5) is 0 Å². The molecule has 0 aromatic heterocycles. The van der Waals surface area contributed by atoms with E-state index in [-0.39, 0.29) is 12.1 Å². The van der Waals surface area contributed by atoms with Crippen molar-refractivity contribution in [2.24, 2.45) is 16.8 Å². The molecule has 0 radical (unpaired) electrons. The van der Waals surface area contributed by atoms with E-state index in [4.69, 9.17) is 10.6 Å². The molecular weight excluding hydrogens is 216 g/mol. The number of ether oxygens (including phenoxy) is 1. The van der Waals surface area contributed by atoms with Gasteiger partial charge in [-0.2, -0.15) is 0 Å². The Balaban J connectivity index is 4.41. The second-order valence-corrected chi connectivity index (χ2v) is 4.44. The van der Waals surface area contributed by atoms with Gasteiger partial charge >= 0.3 is 0 Å². The van der Waals surface area contributed by atoms with Gasteiger partial charge in [-0.25, -0.2) is 10.8 Å². The molecule has 4 N–H and O–H groups in total. The molecule has 0 aromatic carbocycles. The average molecular weight is 244 g/mol. The quantitative estimate of drug-likeness (QED) is 0.273. The van der Waals surface area contributed by atoms with E-state index in [1.54, 1.807) is 7.11 Å². The molecule has 0 spiro atoms. The number of hydrogen-bond acceptors (Lipinski definition) is 3. The Morgan fingerprint density at radius 2 is 1.88 bits per heavy atom. The Hall–Kier alpha value is -0.810. The van der Waals surface area contributed by atoms with Gasteiger partial charge in [0.1, 0.15) is 0 Å². The lowest BCUT2D eigenvalue weighted by Gasteiger charge is -2.21. The van der Waals surface area contributed by atoms with Crippen LogP contribution in [-0.4, -0.2) is 31.8 Å². The minimum atomic E-state index is 0.184. The van der Waals surface area contributed by atoms with Crippen molar-refractivity contribution in [2.45, 2.75) is 52.6 Å². The van der Waals surface area contributed by atoms with E-state index in [0.29, 0.717) is 18.5 Å². The van der Waals surface area contributed by atoms with Gasteiger partial charge in [0.15, 0.2) is 0 Å². The van der Waals surface area contributed by atoms with Gasteiger partial charge in [-0.3, -0.25) is 5.43 Å². The van der Waals surface area contributed by atoms with Crippen LogP contribution in [0.5, 0.6) is 0 Å². The van der Waals surface area contributed by atoms with E-state index in [1.807, 2.05) is 6.92 Å². The number of guanidine groups is 1. The number of hydrogen-bond donors (Lipinski definition) is 3. The first-order valence-electron chi connectivity index (χ1n) is 6.38. The van der Waals surface area contributed by atoms with Crippen LogP contribution in [0.15, 0.2) is 4.99 Å². The maximum absolute atomic E-state index is 5.46. The minimum Gasteiger partial charge on any atom is -0.383 e. The molecule has 2 unspecified atom stereocenters. The summed E-state index contributed by atoms with van der Waals surface area (Å²) in [5, 5.41) is 3.19. The SMILES string of the molecule is CCC(CC)C(C)N=C(NN)NC(C)COC. The fourth-order valence-corrected chi connectivity index (χ4v) is 1.92. The number of aliphatic imine (C=N–C) groups is 1. The minimum absolute atomic E-state index is 0.184. The highest BCUT2D eigenvalue weighted by Crippen LogP contribution is 2.15. The van der Waals surface area contributed by atoms with Gasteiger partial charge in [0, 0.05) is 13.2 Å². The predicted molar refractivity (Wildman–Crippen MR) is 72.8 cm³/mol. The smallest absolute Gasteiger partial charge is 0.206 e. The molecule has 17 heavy (non-hydrogen) atoms. The van der Waals surface area contributed by atoms with E-state index in [9.17, 15) is 0 Å². The summed E-state index contributed by atoms with van der Waals surface area (Å²) in [7, 11) is 1.68. The van der Waals surface area contributed by atoms with Gasteiger partial charge in [-0.1, -0.05) is 26.7 Å². The molecule has 0 amide bonds. The van der Waals surface area contributed by atoms with Crippen LogP contribution >= 0.6 is 0 Å². The Kier molecular flexibility index (Phi) is 8.80. The van der Waals surface area contributed by atoms with E-state index < -0.39 is 0 Å². The molecule has 0 aromatic rings. The van der Waals surface area contributed by atoms with Gasteiger partial charge in [0.05, 0.1) is 12.6 Å². The first kappa shape index (κ1) is 16.2. The zero-order chi connectivity index (χ0) is 13.3. The van der Waals surface area contributed by atoms with Crippen molar-refractivity contribution in [3.63, 3.8) is 0 Å². The first-order valence-corrected chi connectivity index (χ1v) is 6.38. The second-order valence-electron chi connectivity index (χ2n) is 4.44. The van der Waals surface area contributed by atoms with Crippen LogP contribution in [-0.2, 0) is 4.74 Å². The summed E-state index contributed by atoms with van der Waals surface area (Å²) in [6, 6.07) is 0.446. The fourth-order valence-electron chi connectivity index (χ4n) is 1.92. The zero-order valence-corrected chi connectivity index (χ0v) is 11.8. The number of methoxy groups -OCH3 is 1. The zero-order valence-electron chi connectivity index (χ0n) is 11.8. The van der Waals surface area contributed by atoms with Crippen molar-refractivity contribution in [3.05, 3.63) is 0 Å². The molecule has 5 nitrogen and oxygen atoms in total. The Morgan fingerprint density at radius 1 is 1.29 bits per heavy atom. The molecule has 2 atom stereocenters. The third-order valence-corrected chi connectivity index (χ3v) is 3.00. The molecule has 0 saturated heterocycles. The van der Waals surface area contributed by atoms with Gasteiger partial charge in [-0.05, 0) is 19.8 Å². The number of rotatable bonds is 7. The second kappa shape index (κ2) is 9.24. The van der Waals surface area contributed by atoms with E-state index in [2.05, 4.69) is 36.5 Å². The number of nitrogens with two attached hydrogens (primary N) is 1. The molecular formula is C12H28N4O. The van der Waals surface area contributed by atoms with Gasteiger partial charge < -0.3 is 10.1 Å². The largest absolute Gasteiger partial charge is 0.383 e. The standard InChI is InChI=1S/C12H28N4O/c1-6-11(7-2)10(4)15-12(16-13)14-9(3)8-17-5/h9-11H,6-8,13H2,1-5H3,(H2,14,15,16). The summed E-state index contributed by atoms with van der Waals surface area (Å²) >= 11 is 0. The van der Waals surface area contributed by atoms with Crippen LogP contribution in [0.3, 0.4) is 0 Å². The molecule has 0 fully saturated rings. The summed E-state index contributed by atoms with van der Waals surface area (Å²) in [5.74, 6) is 6.69. The van der Waals surface area contributed by atoms with Crippen LogP contribution in [0.25, 0.3) is 0 Å². The molecule has 0 aliphatic carbocycles. The molecule has 0 aliphatic heterocycles. The van der Waals surface area contributed by atoms with E-state index >= 15 is 0 Å². The number of nitrogens with one attached hydrogen (secondary N) is 2.